The second-order valence-corrected chi connectivity index (χ2v) is 4.58. The van der Waals surface area contributed by atoms with Gasteiger partial charge in [0, 0.05) is 6.04 Å². The molecule has 0 aromatic heterocycles. The summed E-state index contributed by atoms with van der Waals surface area (Å²) in [6.07, 6.45) is 1.15. The third-order valence-corrected chi connectivity index (χ3v) is 3.54. The van der Waals surface area contributed by atoms with Gasteiger partial charge in [0.25, 0.3) is 0 Å². The molecule has 1 aromatic rings. The summed E-state index contributed by atoms with van der Waals surface area (Å²) >= 11 is 0. The Morgan fingerprint density at radius 3 is 2.29 bits per heavy atom. The Kier molecular flexibility index (Phi) is 3.57. The molecule has 1 aliphatic carbocycles. The fraction of sp³-hybridized carbons (Fsp3) is 0.571. The number of ether oxygens (including phenoxy) is 2. The summed E-state index contributed by atoms with van der Waals surface area (Å²) in [6.45, 7) is 5.40. The molecule has 1 aromatic carbocycles. The van der Waals surface area contributed by atoms with Crippen LogP contribution in [0.4, 0.5) is 0 Å². The summed E-state index contributed by atoms with van der Waals surface area (Å²) in [6, 6.07) is 4.69. The average Bonchev–Trinajstić information content (AvgIpc) is 2.65. The zero-order valence-electron chi connectivity index (χ0n) is 11.0. The zero-order valence-corrected chi connectivity index (χ0v) is 11.0. The molecule has 0 radical (unpaired) electrons. The molecule has 0 aliphatic heterocycles. The van der Waals surface area contributed by atoms with E-state index < -0.39 is 0 Å². The predicted octanol–water partition coefficient (Wildman–Crippen LogP) is 2.86. The van der Waals surface area contributed by atoms with Gasteiger partial charge in [0.05, 0.1) is 14.2 Å². The average molecular weight is 235 g/mol. The molecular weight excluding hydrogens is 214 g/mol. The van der Waals surface area contributed by atoms with Gasteiger partial charge in [-0.05, 0) is 42.1 Å². The van der Waals surface area contributed by atoms with E-state index in [4.69, 9.17) is 9.47 Å². The lowest BCUT2D eigenvalue weighted by atomic mass is 10.0. The van der Waals surface area contributed by atoms with Crippen LogP contribution in [0.2, 0.25) is 0 Å². The SMILES string of the molecule is CCNC1CC(C)c2cc(OC)c(OC)cc21. The van der Waals surface area contributed by atoms with E-state index in [-0.39, 0.29) is 0 Å². The highest BCUT2D eigenvalue weighted by atomic mass is 16.5. The maximum atomic E-state index is 5.37. The number of hydrogen-bond donors (Lipinski definition) is 1. The molecule has 1 N–H and O–H groups in total. The van der Waals surface area contributed by atoms with Gasteiger partial charge in [0.15, 0.2) is 11.5 Å². The molecule has 2 rings (SSSR count). The fourth-order valence-electron chi connectivity index (χ4n) is 2.69. The van der Waals surface area contributed by atoms with Crippen molar-refractivity contribution in [2.75, 3.05) is 20.8 Å². The Morgan fingerprint density at radius 1 is 1.18 bits per heavy atom. The Bertz CT molecular complexity index is 403. The van der Waals surface area contributed by atoms with Gasteiger partial charge < -0.3 is 14.8 Å². The van der Waals surface area contributed by atoms with Crippen LogP contribution in [0.1, 0.15) is 43.4 Å². The third kappa shape index (κ3) is 2.12. The molecule has 0 saturated heterocycles. The van der Waals surface area contributed by atoms with Gasteiger partial charge in [0.2, 0.25) is 0 Å². The van der Waals surface area contributed by atoms with Crippen molar-refractivity contribution in [1.82, 2.24) is 5.32 Å². The largest absolute Gasteiger partial charge is 0.493 e. The van der Waals surface area contributed by atoms with E-state index in [1.807, 2.05) is 0 Å². The minimum atomic E-state index is 0.449. The molecule has 0 saturated carbocycles. The van der Waals surface area contributed by atoms with Gasteiger partial charge >= 0.3 is 0 Å². The van der Waals surface area contributed by atoms with E-state index in [1.165, 1.54) is 11.1 Å². The van der Waals surface area contributed by atoms with E-state index in [0.29, 0.717) is 12.0 Å². The summed E-state index contributed by atoms with van der Waals surface area (Å²) in [5.41, 5.74) is 2.74. The lowest BCUT2D eigenvalue weighted by Gasteiger charge is -2.15. The highest BCUT2D eigenvalue weighted by molar-refractivity contribution is 5.51. The molecule has 3 nitrogen and oxygen atoms in total. The molecule has 2 unspecified atom stereocenters. The predicted molar refractivity (Wildman–Crippen MR) is 69.0 cm³/mol. The van der Waals surface area contributed by atoms with Crippen LogP contribution in [0.25, 0.3) is 0 Å². The van der Waals surface area contributed by atoms with Crippen molar-refractivity contribution in [3.05, 3.63) is 23.3 Å². The van der Waals surface area contributed by atoms with Gasteiger partial charge in [-0.2, -0.15) is 0 Å². The number of benzene rings is 1. The summed E-state index contributed by atoms with van der Waals surface area (Å²) in [5.74, 6) is 2.23. The van der Waals surface area contributed by atoms with Crippen LogP contribution in [0, 0.1) is 0 Å². The first-order valence-electron chi connectivity index (χ1n) is 6.20. The minimum absolute atomic E-state index is 0.449. The maximum absolute atomic E-state index is 5.37. The highest BCUT2D eigenvalue weighted by Gasteiger charge is 2.29. The van der Waals surface area contributed by atoms with E-state index in [9.17, 15) is 0 Å². The standard InChI is InChI=1S/C14H21NO2/c1-5-15-12-6-9(2)10-7-13(16-3)14(17-4)8-11(10)12/h7-9,12,15H,5-6H2,1-4H3. The Hall–Kier alpha value is -1.22. The molecule has 0 bridgehead atoms. The molecular formula is C14H21NO2. The molecule has 3 heteroatoms. The van der Waals surface area contributed by atoms with Gasteiger partial charge in [0.1, 0.15) is 0 Å². The molecule has 1 aliphatic rings. The van der Waals surface area contributed by atoms with Crippen molar-refractivity contribution in [2.45, 2.75) is 32.2 Å². The topological polar surface area (TPSA) is 30.5 Å². The number of methoxy groups -OCH3 is 2. The van der Waals surface area contributed by atoms with Crippen molar-refractivity contribution >= 4 is 0 Å². The third-order valence-electron chi connectivity index (χ3n) is 3.54. The van der Waals surface area contributed by atoms with Crippen LogP contribution in [0.5, 0.6) is 11.5 Å². The van der Waals surface area contributed by atoms with Crippen molar-refractivity contribution in [3.63, 3.8) is 0 Å². The van der Waals surface area contributed by atoms with Crippen LogP contribution in [-0.4, -0.2) is 20.8 Å². The second-order valence-electron chi connectivity index (χ2n) is 4.58. The molecule has 17 heavy (non-hydrogen) atoms. The smallest absolute Gasteiger partial charge is 0.161 e. The molecule has 0 fully saturated rings. The fourth-order valence-corrected chi connectivity index (χ4v) is 2.69. The van der Waals surface area contributed by atoms with Crippen molar-refractivity contribution < 1.29 is 9.47 Å². The number of rotatable bonds is 4. The molecule has 2 atom stereocenters. The van der Waals surface area contributed by atoms with Crippen LogP contribution < -0.4 is 14.8 Å². The van der Waals surface area contributed by atoms with E-state index in [1.54, 1.807) is 14.2 Å². The normalized spacial score (nSPS) is 22.4. The van der Waals surface area contributed by atoms with Crippen LogP contribution >= 0.6 is 0 Å². The number of nitrogens with one attached hydrogen (secondary N) is 1. The maximum Gasteiger partial charge on any atom is 0.161 e. The lowest BCUT2D eigenvalue weighted by molar-refractivity contribution is 0.354. The summed E-state index contributed by atoms with van der Waals surface area (Å²) in [7, 11) is 3.37. The van der Waals surface area contributed by atoms with Gasteiger partial charge in [-0.1, -0.05) is 13.8 Å². The van der Waals surface area contributed by atoms with E-state index in [2.05, 4.69) is 31.3 Å². The van der Waals surface area contributed by atoms with Crippen LogP contribution in [-0.2, 0) is 0 Å². The lowest BCUT2D eigenvalue weighted by Crippen LogP contribution is -2.18. The van der Waals surface area contributed by atoms with Gasteiger partial charge in [-0.15, -0.1) is 0 Å². The van der Waals surface area contributed by atoms with Crippen molar-refractivity contribution in [1.29, 1.82) is 0 Å². The number of fused-ring (bicyclic) bond motifs is 1. The molecule has 0 spiro atoms. The van der Waals surface area contributed by atoms with Crippen LogP contribution in [0.3, 0.4) is 0 Å². The first-order chi connectivity index (χ1) is 8.21. The van der Waals surface area contributed by atoms with E-state index >= 15 is 0 Å². The quantitative estimate of drug-likeness (QED) is 0.870. The van der Waals surface area contributed by atoms with Crippen molar-refractivity contribution in [2.24, 2.45) is 0 Å². The first-order valence-corrected chi connectivity index (χ1v) is 6.20. The highest BCUT2D eigenvalue weighted by Crippen LogP contribution is 2.44. The minimum Gasteiger partial charge on any atom is -0.493 e. The molecule has 0 heterocycles. The van der Waals surface area contributed by atoms with Gasteiger partial charge in [-0.25, -0.2) is 0 Å². The van der Waals surface area contributed by atoms with Gasteiger partial charge in [-0.3, -0.25) is 0 Å². The molecule has 0 amide bonds. The monoisotopic (exact) mass is 235 g/mol. The van der Waals surface area contributed by atoms with E-state index in [0.717, 1.165) is 24.5 Å². The second kappa shape index (κ2) is 4.96. The summed E-state index contributed by atoms with van der Waals surface area (Å²) < 4.78 is 10.7. The molecule has 94 valence electrons. The number of hydrogen-bond acceptors (Lipinski definition) is 3. The van der Waals surface area contributed by atoms with Crippen molar-refractivity contribution in [3.8, 4) is 11.5 Å². The summed E-state index contributed by atoms with van der Waals surface area (Å²) in [4.78, 5) is 0. The Labute approximate surface area is 103 Å². The van der Waals surface area contributed by atoms with Crippen LogP contribution in [0.15, 0.2) is 12.1 Å². The first kappa shape index (κ1) is 12.2. The zero-order chi connectivity index (χ0) is 12.4. The Morgan fingerprint density at radius 2 is 1.76 bits per heavy atom. The Balaban J connectivity index is 2.43. The summed E-state index contributed by atoms with van der Waals surface area (Å²) in [5, 5.41) is 3.52.